The minimum absolute atomic E-state index is 0.0190. The van der Waals surface area contributed by atoms with E-state index in [4.69, 9.17) is 5.11 Å². The lowest BCUT2D eigenvalue weighted by Gasteiger charge is -2.19. The number of likely N-dealkylation sites (tertiary alicyclic amines) is 1. The van der Waals surface area contributed by atoms with E-state index in [1.54, 1.807) is 0 Å². The van der Waals surface area contributed by atoms with Crippen LogP contribution in [0.3, 0.4) is 0 Å². The van der Waals surface area contributed by atoms with Crippen LogP contribution >= 0.6 is 0 Å². The van der Waals surface area contributed by atoms with Crippen molar-refractivity contribution in [2.75, 3.05) is 18.4 Å². The molecule has 11 heteroatoms. The van der Waals surface area contributed by atoms with E-state index >= 15 is 0 Å². The topological polar surface area (TPSA) is 78.9 Å². The summed E-state index contributed by atoms with van der Waals surface area (Å²) >= 11 is 0. The summed E-state index contributed by atoms with van der Waals surface area (Å²) in [6.45, 7) is -4.49. The van der Waals surface area contributed by atoms with Crippen LogP contribution in [0.15, 0.2) is 24.3 Å². The smallest absolute Gasteiger partial charge is 0.394 e. The van der Waals surface area contributed by atoms with E-state index in [-0.39, 0.29) is 11.4 Å². The molecule has 25 heavy (non-hydrogen) atoms. The molecule has 138 valence electrons. The van der Waals surface area contributed by atoms with Gasteiger partial charge in [0.25, 0.3) is 0 Å². The summed E-state index contributed by atoms with van der Waals surface area (Å²) in [6, 6.07) is 3.93. The average Bonchev–Trinajstić information content (AvgIpc) is 2.92. The van der Waals surface area contributed by atoms with Gasteiger partial charge in [-0.05, 0) is 12.1 Å². The zero-order chi connectivity index (χ0) is 18.8. The van der Waals surface area contributed by atoms with Gasteiger partial charge in [0.05, 0.1) is 11.8 Å². The van der Waals surface area contributed by atoms with Crippen molar-refractivity contribution in [1.29, 1.82) is 0 Å². The Morgan fingerprint density at radius 2 is 1.96 bits per heavy atom. The highest BCUT2D eigenvalue weighted by Crippen LogP contribution is 2.38. The monoisotopic (exact) mass is 368 g/mol. The maximum absolute atomic E-state index is 12.9. The van der Waals surface area contributed by atoms with Gasteiger partial charge in [0.2, 0.25) is 0 Å². The molecule has 2 rings (SSSR count). The number of carbonyl (C=O) groups excluding carboxylic acids is 1. The third kappa shape index (κ3) is 4.70. The van der Waals surface area contributed by atoms with Gasteiger partial charge in [-0.3, -0.25) is 4.79 Å². The Bertz CT molecular complexity index is 652. The molecule has 0 saturated carbocycles. The van der Waals surface area contributed by atoms with Gasteiger partial charge in [-0.15, -0.1) is 0 Å². The van der Waals surface area contributed by atoms with Crippen molar-refractivity contribution in [3.8, 4) is 5.75 Å². The van der Waals surface area contributed by atoms with E-state index in [1.807, 2.05) is 0 Å². The standard InChI is InChI=1S/C14H13F5N2O4/c15-12(16)25-8-3-1-2-7(4-8)20-13(24)21-5-9(11(22)23)10(6-21)14(17,18)19/h1-4,9-10,12H,5-6H2,(H,20,24)(H,22,23)/t9-,10-/m1/s1. The molecule has 1 saturated heterocycles. The number of urea groups is 1. The summed E-state index contributed by atoms with van der Waals surface area (Å²) in [7, 11) is 0. The maximum atomic E-state index is 12.9. The Kier molecular flexibility index (Phi) is 5.33. The summed E-state index contributed by atoms with van der Waals surface area (Å²) in [5.41, 5.74) is 0.0190. The van der Waals surface area contributed by atoms with Crippen molar-refractivity contribution in [1.82, 2.24) is 4.90 Å². The van der Waals surface area contributed by atoms with Gasteiger partial charge in [-0.25, -0.2) is 4.79 Å². The third-order valence-corrected chi connectivity index (χ3v) is 3.66. The van der Waals surface area contributed by atoms with Gasteiger partial charge < -0.3 is 20.1 Å². The number of nitrogens with zero attached hydrogens (tertiary/aromatic N) is 1. The van der Waals surface area contributed by atoms with E-state index in [1.165, 1.54) is 18.2 Å². The van der Waals surface area contributed by atoms with Crippen molar-refractivity contribution in [2.45, 2.75) is 12.8 Å². The van der Waals surface area contributed by atoms with Crippen molar-refractivity contribution in [3.05, 3.63) is 24.3 Å². The van der Waals surface area contributed by atoms with Gasteiger partial charge >= 0.3 is 24.8 Å². The number of carbonyl (C=O) groups is 2. The number of alkyl halides is 5. The van der Waals surface area contributed by atoms with Crippen molar-refractivity contribution in [2.24, 2.45) is 11.8 Å². The van der Waals surface area contributed by atoms with Gasteiger partial charge in [0.1, 0.15) is 5.75 Å². The second-order valence-electron chi connectivity index (χ2n) is 5.33. The SMILES string of the molecule is O=C(O)[C@@H]1CN(C(=O)Nc2cccc(OC(F)F)c2)C[C@H]1C(F)(F)F. The van der Waals surface area contributed by atoms with Crippen LogP contribution in [-0.4, -0.2) is 47.9 Å². The number of hydrogen-bond acceptors (Lipinski definition) is 3. The number of carboxylic acid groups (broad SMARTS) is 1. The Labute approximate surface area is 138 Å². The van der Waals surface area contributed by atoms with E-state index in [2.05, 4.69) is 10.1 Å². The zero-order valence-corrected chi connectivity index (χ0v) is 12.5. The molecule has 2 amide bonds. The van der Waals surface area contributed by atoms with E-state index in [0.717, 1.165) is 11.0 Å². The van der Waals surface area contributed by atoms with E-state index < -0.39 is 49.7 Å². The molecule has 0 aliphatic carbocycles. The highest BCUT2D eigenvalue weighted by Gasteiger charge is 2.53. The Morgan fingerprint density at radius 3 is 2.48 bits per heavy atom. The molecular formula is C14H13F5N2O4. The zero-order valence-electron chi connectivity index (χ0n) is 12.5. The number of amides is 2. The molecule has 1 aromatic rings. The quantitative estimate of drug-likeness (QED) is 0.801. The first-order chi connectivity index (χ1) is 11.6. The van der Waals surface area contributed by atoms with Crippen LogP contribution in [0.5, 0.6) is 5.75 Å². The Hall–Kier alpha value is -2.59. The number of nitrogens with one attached hydrogen (secondary N) is 1. The van der Waals surface area contributed by atoms with E-state index in [9.17, 15) is 31.5 Å². The number of hydrogen-bond donors (Lipinski definition) is 2. The predicted octanol–water partition coefficient (Wildman–Crippen LogP) is 3.01. The summed E-state index contributed by atoms with van der Waals surface area (Å²) in [6.07, 6.45) is -4.76. The fourth-order valence-electron chi connectivity index (χ4n) is 2.50. The van der Waals surface area contributed by atoms with Crippen LogP contribution in [0.4, 0.5) is 32.4 Å². The third-order valence-electron chi connectivity index (χ3n) is 3.66. The van der Waals surface area contributed by atoms with Crippen LogP contribution in [0.1, 0.15) is 0 Å². The molecule has 0 unspecified atom stereocenters. The van der Waals surface area contributed by atoms with Gasteiger partial charge in [-0.1, -0.05) is 6.07 Å². The second kappa shape index (κ2) is 7.11. The van der Waals surface area contributed by atoms with Gasteiger partial charge in [-0.2, -0.15) is 22.0 Å². The number of carboxylic acids is 1. The number of halogens is 5. The van der Waals surface area contributed by atoms with Gasteiger partial charge in [0.15, 0.2) is 0 Å². The first-order valence-corrected chi connectivity index (χ1v) is 6.98. The number of ether oxygens (including phenoxy) is 1. The molecule has 2 N–H and O–H groups in total. The van der Waals surface area contributed by atoms with Crippen LogP contribution < -0.4 is 10.1 Å². The minimum Gasteiger partial charge on any atom is -0.481 e. The summed E-state index contributed by atoms with van der Waals surface area (Å²) in [4.78, 5) is 23.8. The molecule has 6 nitrogen and oxygen atoms in total. The summed E-state index contributed by atoms with van der Waals surface area (Å²) < 4.78 is 67.2. The maximum Gasteiger partial charge on any atom is 0.394 e. The molecule has 1 aromatic carbocycles. The minimum atomic E-state index is -4.76. The summed E-state index contributed by atoms with van der Waals surface area (Å²) in [5, 5.41) is 11.1. The average molecular weight is 368 g/mol. The molecule has 2 atom stereocenters. The van der Waals surface area contributed by atoms with Crippen LogP contribution in [0.25, 0.3) is 0 Å². The lowest BCUT2D eigenvalue weighted by Crippen LogP contribution is -2.35. The van der Waals surface area contributed by atoms with Crippen LogP contribution in [0, 0.1) is 11.8 Å². The van der Waals surface area contributed by atoms with Crippen molar-refractivity contribution in [3.63, 3.8) is 0 Å². The number of aliphatic carboxylic acids is 1. The fourth-order valence-corrected chi connectivity index (χ4v) is 2.50. The predicted molar refractivity (Wildman–Crippen MR) is 74.3 cm³/mol. The van der Waals surface area contributed by atoms with Crippen LogP contribution in [-0.2, 0) is 4.79 Å². The highest BCUT2D eigenvalue weighted by molar-refractivity contribution is 5.90. The number of benzene rings is 1. The second-order valence-corrected chi connectivity index (χ2v) is 5.33. The normalized spacial score (nSPS) is 20.6. The fraction of sp³-hybridized carbons (Fsp3) is 0.429. The van der Waals surface area contributed by atoms with Crippen LogP contribution in [0.2, 0.25) is 0 Å². The number of rotatable bonds is 4. The van der Waals surface area contributed by atoms with E-state index in [0.29, 0.717) is 0 Å². The molecule has 0 aromatic heterocycles. The van der Waals surface area contributed by atoms with Crippen molar-refractivity contribution < 1.29 is 41.4 Å². The molecule has 0 spiro atoms. The molecule has 0 radical (unpaired) electrons. The molecule has 1 heterocycles. The Morgan fingerprint density at radius 1 is 1.28 bits per heavy atom. The summed E-state index contributed by atoms with van der Waals surface area (Å²) in [5.74, 6) is -5.83. The molecule has 1 aliphatic heterocycles. The molecule has 1 fully saturated rings. The highest BCUT2D eigenvalue weighted by atomic mass is 19.4. The first kappa shape index (κ1) is 18.7. The number of anilines is 1. The Balaban J connectivity index is 2.07. The first-order valence-electron chi connectivity index (χ1n) is 6.98. The van der Waals surface area contributed by atoms with Gasteiger partial charge in [0, 0.05) is 24.8 Å². The lowest BCUT2D eigenvalue weighted by atomic mass is 9.96. The molecule has 1 aliphatic rings. The largest absolute Gasteiger partial charge is 0.481 e. The lowest BCUT2D eigenvalue weighted by molar-refractivity contribution is -0.187. The molecular weight excluding hydrogens is 355 g/mol. The van der Waals surface area contributed by atoms with Crippen molar-refractivity contribution >= 4 is 17.7 Å². The molecule has 0 bridgehead atoms.